The molecule has 118 valence electrons. The Morgan fingerprint density at radius 3 is 2.59 bits per heavy atom. The van der Waals surface area contributed by atoms with E-state index in [4.69, 9.17) is 28.3 Å². The van der Waals surface area contributed by atoms with E-state index in [1.54, 1.807) is 12.1 Å². The Morgan fingerprint density at radius 2 is 1.95 bits per heavy atom. The minimum Gasteiger partial charge on any atom is -0.465 e. The molecule has 0 aliphatic carbocycles. The van der Waals surface area contributed by atoms with Gasteiger partial charge in [-0.15, -0.1) is 0 Å². The van der Waals surface area contributed by atoms with Crippen molar-refractivity contribution in [2.24, 2.45) is 0 Å². The number of benzene rings is 1. The highest BCUT2D eigenvalue weighted by Crippen LogP contribution is 2.19. The number of halogens is 2. The maximum atomic E-state index is 10.8. The summed E-state index contributed by atoms with van der Waals surface area (Å²) in [6.07, 6.45) is 0.925. The van der Waals surface area contributed by atoms with Gasteiger partial charge in [-0.25, -0.2) is 4.79 Å². The maximum Gasteiger partial charge on any atom is 0.407 e. The summed E-state index contributed by atoms with van der Waals surface area (Å²) in [5.74, 6) is 6.17. The van der Waals surface area contributed by atoms with Crippen LogP contribution in [0.5, 0.6) is 0 Å². The molecular weight excluding hydrogens is 323 g/mol. The van der Waals surface area contributed by atoms with Gasteiger partial charge in [0.2, 0.25) is 0 Å². The van der Waals surface area contributed by atoms with E-state index >= 15 is 0 Å². The fourth-order valence-electron chi connectivity index (χ4n) is 2.30. The number of rotatable bonds is 3. The second kappa shape index (κ2) is 8.28. The summed E-state index contributed by atoms with van der Waals surface area (Å²) in [7, 11) is 0. The van der Waals surface area contributed by atoms with Crippen molar-refractivity contribution in [2.45, 2.75) is 12.8 Å². The zero-order valence-corrected chi connectivity index (χ0v) is 13.7. The van der Waals surface area contributed by atoms with Gasteiger partial charge in [-0.2, -0.15) is 0 Å². The largest absolute Gasteiger partial charge is 0.465 e. The molecule has 4 nitrogen and oxygen atoms in total. The van der Waals surface area contributed by atoms with Crippen LogP contribution in [0.3, 0.4) is 0 Å². The van der Waals surface area contributed by atoms with Gasteiger partial charge >= 0.3 is 6.09 Å². The van der Waals surface area contributed by atoms with Crippen LogP contribution in [0.4, 0.5) is 4.79 Å². The van der Waals surface area contributed by atoms with E-state index in [0.29, 0.717) is 23.1 Å². The molecule has 1 heterocycles. The Morgan fingerprint density at radius 1 is 1.23 bits per heavy atom. The first-order chi connectivity index (χ1) is 10.6. The molecule has 6 heteroatoms. The van der Waals surface area contributed by atoms with Crippen molar-refractivity contribution < 1.29 is 9.90 Å². The molecule has 2 rings (SSSR count). The summed E-state index contributed by atoms with van der Waals surface area (Å²) < 4.78 is 0. The lowest BCUT2D eigenvalue weighted by Crippen LogP contribution is -2.48. The Kier molecular flexibility index (Phi) is 6.38. The predicted molar refractivity (Wildman–Crippen MR) is 88.6 cm³/mol. The second-order valence-corrected chi connectivity index (χ2v) is 5.98. The molecular formula is C16H18Cl2N2O2. The third-order valence-corrected chi connectivity index (χ3v) is 4.12. The molecule has 0 bridgehead atoms. The molecule has 1 aliphatic heterocycles. The van der Waals surface area contributed by atoms with Crippen LogP contribution in [0.15, 0.2) is 18.2 Å². The van der Waals surface area contributed by atoms with Gasteiger partial charge in [0.15, 0.2) is 0 Å². The van der Waals surface area contributed by atoms with Crippen molar-refractivity contribution in [2.75, 3.05) is 32.7 Å². The summed E-state index contributed by atoms with van der Waals surface area (Å²) >= 11 is 11.9. The SMILES string of the molecule is O=C(O)N1CCN(CCCC#Cc2ccc(Cl)cc2Cl)CC1. The highest BCUT2D eigenvalue weighted by atomic mass is 35.5. The maximum absolute atomic E-state index is 10.8. The number of piperazine rings is 1. The van der Waals surface area contributed by atoms with E-state index in [2.05, 4.69) is 16.7 Å². The van der Waals surface area contributed by atoms with Crippen LogP contribution >= 0.6 is 23.2 Å². The topological polar surface area (TPSA) is 43.8 Å². The van der Waals surface area contributed by atoms with E-state index in [9.17, 15) is 4.79 Å². The molecule has 0 unspecified atom stereocenters. The lowest BCUT2D eigenvalue weighted by molar-refractivity contribution is 0.105. The average Bonchev–Trinajstić information content (AvgIpc) is 2.49. The van der Waals surface area contributed by atoms with Gasteiger partial charge in [-0.1, -0.05) is 35.0 Å². The molecule has 0 radical (unpaired) electrons. The summed E-state index contributed by atoms with van der Waals surface area (Å²) in [6, 6.07) is 5.29. The zero-order valence-electron chi connectivity index (χ0n) is 12.2. The Labute approximate surface area is 140 Å². The first-order valence-corrected chi connectivity index (χ1v) is 7.96. The minimum atomic E-state index is -0.828. The second-order valence-electron chi connectivity index (χ2n) is 5.14. The van der Waals surface area contributed by atoms with E-state index in [1.807, 2.05) is 6.07 Å². The van der Waals surface area contributed by atoms with Crippen LogP contribution in [0.2, 0.25) is 10.0 Å². The fraction of sp³-hybridized carbons (Fsp3) is 0.438. The number of nitrogens with zero attached hydrogens (tertiary/aromatic N) is 2. The number of amides is 1. The van der Waals surface area contributed by atoms with Crippen molar-refractivity contribution in [1.29, 1.82) is 0 Å². The molecule has 1 aromatic carbocycles. The van der Waals surface area contributed by atoms with Crippen LogP contribution in [0, 0.1) is 11.8 Å². The van der Waals surface area contributed by atoms with Gasteiger partial charge in [-0.05, 0) is 31.2 Å². The molecule has 22 heavy (non-hydrogen) atoms. The zero-order chi connectivity index (χ0) is 15.9. The molecule has 0 saturated carbocycles. The molecule has 1 fully saturated rings. The number of carbonyl (C=O) groups is 1. The quantitative estimate of drug-likeness (QED) is 0.677. The summed E-state index contributed by atoms with van der Waals surface area (Å²) in [4.78, 5) is 14.5. The smallest absolute Gasteiger partial charge is 0.407 e. The first kappa shape index (κ1) is 17.0. The van der Waals surface area contributed by atoms with Gasteiger partial charge in [-0.3, -0.25) is 4.90 Å². The summed E-state index contributed by atoms with van der Waals surface area (Å²) in [5, 5.41) is 10.1. The molecule has 1 amide bonds. The third kappa shape index (κ3) is 5.10. The van der Waals surface area contributed by atoms with Crippen LogP contribution in [0.1, 0.15) is 18.4 Å². The average molecular weight is 341 g/mol. The Bertz CT molecular complexity index is 588. The van der Waals surface area contributed by atoms with Crippen LogP contribution in [0.25, 0.3) is 0 Å². The number of hydrogen-bond acceptors (Lipinski definition) is 2. The molecule has 1 aliphatic rings. The van der Waals surface area contributed by atoms with E-state index in [0.717, 1.165) is 38.0 Å². The van der Waals surface area contributed by atoms with E-state index < -0.39 is 6.09 Å². The van der Waals surface area contributed by atoms with Crippen molar-refractivity contribution >= 4 is 29.3 Å². The monoisotopic (exact) mass is 340 g/mol. The normalized spacial score (nSPS) is 15.3. The Hall–Kier alpha value is -1.41. The lowest BCUT2D eigenvalue weighted by Gasteiger charge is -2.32. The predicted octanol–water partition coefficient (Wildman–Crippen LogP) is 3.42. The van der Waals surface area contributed by atoms with Gasteiger partial charge in [0.05, 0.1) is 5.02 Å². The third-order valence-electron chi connectivity index (χ3n) is 3.57. The van der Waals surface area contributed by atoms with Crippen molar-refractivity contribution in [3.8, 4) is 11.8 Å². The van der Waals surface area contributed by atoms with Gasteiger partial charge in [0.1, 0.15) is 0 Å². The van der Waals surface area contributed by atoms with Crippen LogP contribution < -0.4 is 0 Å². The van der Waals surface area contributed by atoms with Gasteiger partial charge in [0.25, 0.3) is 0 Å². The van der Waals surface area contributed by atoms with E-state index in [1.165, 1.54) is 4.90 Å². The fourth-order valence-corrected chi connectivity index (χ4v) is 2.76. The highest BCUT2D eigenvalue weighted by Gasteiger charge is 2.19. The molecule has 1 saturated heterocycles. The van der Waals surface area contributed by atoms with Crippen molar-refractivity contribution in [3.05, 3.63) is 33.8 Å². The molecule has 1 N–H and O–H groups in total. The molecule has 0 spiro atoms. The van der Waals surface area contributed by atoms with E-state index in [-0.39, 0.29) is 0 Å². The van der Waals surface area contributed by atoms with Crippen LogP contribution in [-0.2, 0) is 0 Å². The van der Waals surface area contributed by atoms with Crippen molar-refractivity contribution in [1.82, 2.24) is 9.80 Å². The van der Waals surface area contributed by atoms with Crippen molar-refractivity contribution in [3.63, 3.8) is 0 Å². The highest BCUT2D eigenvalue weighted by molar-refractivity contribution is 6.35. The Balaban J connectivity index is 1.70. The summed E-state index contributed by atoms with van der Waals surface area (Å²) in [6.45, 7) is 3.70. The lowest BCUT2D eigenvalue weighted by atomic mass is 10.2. The minimum absolute atomic E-state index is 0.574. The van der Waals surface area contributed by atoms with Gasteiger partial charge in [0, 0.05) is 43.2 Å². The van der Waals surface area contributed by atoms with Crippen LogP contribution in [-0.4, -0.2) is 53.7 Å². The first-order valence-electron chi connectivity index (χ1n) is 7.20. The summed E-state index contributed by atoms with van der Waals surface area (Å²) in [5.41, 5.74) is 0.793. The molecule has 0 aromatic heterocycles. The molecule has 1 aromatic rings. The number of unbranched alkanes of at least 4 members (excludes halogenated alkanes) is 1. The molecule has 0 atom stereocenters. The number of carboxylic acid groups (broad SMARTS) is 1. The standard InChI is InChI=1S/C16H18Cl2N2O2/c17-14-6-5-13(15(18)12-14)4-2-1-3-7-19-8-10-20(11-9-19)16(21)22/h5-6,12H,1,3,7-11H2,(H,21,22). The van der Waals surface area contributed by atoms with Gasteiger partial charge < -0.3 is 10.0 Å². The number of hydrogen-bond donors (Lipinski definition) is 1.